The van der Waals surface area contributed by atoms with Crippen LogP contribution >= 0.6 is 11.6 Å². The van der Waals surface area contributed by atoms with Gasteiger partial charge in [0.25, 0.3) is 11.8 Å². The number of fused-ring (bicyclic) bond motifs is 5. The lowest BCUT2D eigenvalue weighted by Crippen LogP contribution is -2.20. The first kappa shape index (κ1) is 20.5. The van der Waals surface area contributed by atoms with Crippen molar-refractivity contribution in [2.45, 2.75) is 19.3 Å². The number of nitrogens with one attached hydrogen (secondary N) is 1. The van der Waals surface area contributed by atoms with Crippen molar-refractivity contribution in [3.8, 4) is 11.1 Å². The number of hydrogen-bond acceptors (Lipinski definition) is 4. The second-order valence-electron chi connectivity index (χ2n) is 8.15. The first-order valence-electron chi connectivity index (χ1n) is 10.5. The highest BCUT2D eigenvalue weighted by atomic mass is 35.5. The fourth-order valence-electron chi connectivity index (χ4n) is 4.83. The summed E-state index contributed by atoms with van der Waals surface area (Å²) in [7, 11) is 1.95. The van der Waals surface area contributed by atoms with E-state index in [2.05, 4.69) is 9.88 Å². The van der Waals surface area contributed by atoms with Crippen LogP contribution in [0.1, 0.15) is 39.1 Å². The number of nitrogens with two attached hydrogens (primary N) is 1. The normalized spacial score (nSPS) is 13.2. The van der Waals surface area contributed by atoms with E-state index < -0.39 is 11.8 Å². The third-order valence-electron chi connectivity index (χ3n) is 6.18. The SMILES string of the molecule is Cn1c2cc(-c3ccccc3Cl)c3c(c2c2cc(N)cc(CCCCO)c21)C(=O)NC3=O. The van der Waals surface area contributed by atoms with Crippen LogP contribution in [0.5, 0.6) is 0 Å². The number of imide groups is 1. The molecule has 7 heteroatoms. The van der Waals surface area contributed by atoms with Gasteiger partial charge in [0, 0.05) is 40.7 Å². The van der Waals surface area contributed by atoms with Crippen LogP contribution in [0.3, 0.4) is 0 Å². The largest absolute Gasteiger partial charge is 0.399 e. The smallest absolute Gasteiger partial charge is 0.259 e. The summed E-state index contributed by atoms with van der Waals surface area (Å²) in [6.45, 7) is 0.136. The Bertz CT molecular complexity index is 1440. The molecule has 0 saturated heterocycles. The van der Waals surface area contributed by atoms with Gasteiger partial charge in [0.05, 0.1) is 22.2 Å². The van der Waals surface area contributed by atoms with Gasteiger partial charge < -0.3 is 15.4 Å². The van der Waals surface area contributed by atoms with Crippen LogP contribution in [-0.2, 0) is 13.5 Å². The predicted molar refractivity (Wildman–Crippen MR) is 127 cm³/mol. The zero-order chi connectivity index (χ0) is 22.6. The zero-order valence-electron chi connectivity index (χ0n) is 17.5. The van der Waals surface area contributed by atoms with Gasteiger partial charge in [0.15, 0.2) is 0 Å². The fourth-order valence-corrected chi connectivity index (χ4v) is 5.07. The van der Waals surface area contributed by atoms with Crippen molar-refractivity contribution in [1.82, 2.24) is 9.88 Å². The molecule has 3 aromatic carbocycles. The molecule has 4 N–H and O–H groups in total. The molecular weight excluding hydrogens is 426 g/mol. The molecule has 0 atom stereocenters. The minimum absolute atomic E-state index is 0.136. The molecule has 0 saturated carbocycles. The molecule has 5 rings (SSSR count). The summed E-state index contributed by atoms with van der Waals surface area (Å²) in [5.41, 5.74) is 11.7. The Morgan fingerprint density at radius 3 is 2.53 bits per heavy atom. The molecule has 0 spiro atoms. The number of amides is 2. The Hall–Kier alpha value is -3.35. The number of benzene rings is 3. The lowest BCUT2D eigenvalue weighted by Gasteiger charge is -2.10. The third-order valence-corrected chi connectivity index (χ3v) is 6.51. The maximum absolute atomic E-state index is 13.0. The number of unbranched alkanes of at least 4 members (excludes halogenated alkanes) is 1. The number of hydrogen-bond donors (Lipinski definition) is 3. The summed E-state index contributed by atoms with van der Waals surface area (Å²) in [5, 5.41) is 13.7. The molecule has 32 heavy (non-hydrogen) atoms. The summed E-state index contributed by atoms with van der Waals surface area (Å²) in [6.07, 6.45) is 2.26. The van der Waals surface area contributed by atoms with E-state index in [9.17, 15) is 14.7 Å². The quantitative estimate of drug-likeness (QED) is 0.239. The Balaban J connectivity index is 1.91. The lowest BCUT2D eigenvalue weighted by molar-refractivity contribution is 0.0880. The van der Waals surface area contributed by atoms with Crippen molar-refractivity contribution in [3.05, 3.63) is 64.2 Å². The molecule has 0 fully saturated rings. The van der Waals surface area contributed by atoms with Crippen LogP contribution < -0.4 is 11.1 Å². The molecule has 0 radical (unpaired) electrons. The topological polar surface area (TPSA) is 97.3 Å². The number of aliphatic hydroxyl groups is 1. The van der Waals surface area contributed by atoms with Gasteiger partial charge in [0.2, 0.25) is 0 Å². The van der Waals surface area contributed by atoms with Crippen LogP contribution in [0.4, 0.5) is 5.69 Å². The first-order valence-corrected chi connectivity index (χ1v) is 10.9. The van der Waals surface area contributed by atoms with Crippen molar-refractivity contribution >= 4 is 50.9 Å². The van der Waals surface area contributed by atoms with E-state index >= 15 is 0 Å². The zero-order valence-corrected chi connectivity index (χ0v) is 18.3. The fraction of sp³-hybridized carbons (Fsp3) is 0.200. The third kappa shape index (κ3) is 2.98. The first-order chi connectivity index (χ1) is 15.4. The second kappa shape index (κ2) is 7.65. The molecule has 0 aliphatic carbocycles. The molecule has 1 aliphatic rings. The summed E-state index contributed by atoms with van der Waals surface area (Å²) in [6, 6.07) is 13.0. The number of aromatic nitrogens is 1. The molecule has 0 bridgehead atoms. The van der Waals surface area contributed by atoms with Gasteiger partial charge in [-0.2, -0.15) is 0 Å². The average molecular weight is 448 g/mol. The van der Waals surface area contributed by atoms with E-state index in [1.54, 1.807) is 6.07 Å². The minimum Gasteiger partial charge on any atom is -0.399 e. The van der Waals surface area contributed by atoms with E-state index in [1.165, 1.54) is 0 Å². The summed E-state index contributed by atoms with van der Waals surface area (Å²) < 4.78 is 2.05. The van der Waals surface area contributed by atoms with Crippen LogP contribution in [0.15, 0.2) is 42.5 Å². The van der Waals surface area contributed by atoms with Gasteiger partial charge in [-0.25, -0.2) is 0 Å². The van der Waals surface area contributed by atoms with Crippen molar-refractivity contribution < 1.29 is 14.7 Å². The van der Waals surface area contributed by atoms with E-state index in [0.717, 1.165) is 34.8 Å². The molecule has 0 unspecified atom stereocenters. The summed E-state index contributed by atoms with van der Waals surface area (Å²) >= 11 is 6.47. The van der Waals surface area contributed by atoms with Gasteiger partial charge in [-0.05, 0) is 54.7 Å². The summed E-state index contributed by atoms with van der Waals surface area (Å²) in [4.78, 5) is 25.8. The Morgan fingerprint density at radius 1 is 1.03 bits per heavy atom. The average Bonchev–Trinajstić information content (AvgIpc) is 3.21. The van der Waals surface area contributed by atoms with E-state index in [0.29, 0.717) is 44.8 Å². The van der Waals surface area contributed by atoms with E-state index in [-0.39, 0.29) is 6.61 Å². The van der Waals surface area contributed by atoms with Crippen LogP contribution in [-0.4, -0.2) is 28.1 Å². The van der Waals surface area contributed by atoms with Crippen molar-refractivity contribution in [3.63, 3.8) is 0 Å². The van der Waals surface area contributed by atoms with Crippen molar-refractivity contribution in [1.29, 1.82) is 0 Å². The molecular formula is C25H22ClN3O3. The van der Waals surface area contributed by atoms with Gasteiger partial charge >= 0.3 is 0 Å². The molecule has 1 aromatic heterocycles. The van der Waals surface area contributed by atoms with Crippen molar-refractivity contribution in [2.75, 3.05) is 12.3 Å². The Kier molecular flexibility index (Phi) is 4.92. The summed E-state index contributed by atoms with van der Waals surface area (Å²) in [5.74, 6) is -0.841. The number of rotatable bonds is 5. The maximum atomic E-state index is 13.0. The molecule has 2 amide bonds. The number of carbonyl (C=O) groups excluding carboxylic acids is 2. The molecule has 2 heterocycles. The standard InChI is InChI=1S/C25H22ClN3O3/c1-29-19-12-16(15-7-2-3-8-18(15)26)21-22(25(32)28-24(21)31)20(19)17-11-14(27)10-13(23(17)29)6-4-5-9-30/h2-3,7-8,10-12,30H,4-6,9,27H2,1H3,(H,28,31,32). The molecule has 6 nitrogen and oxygen atoms in total. The lowest BCUT2D eigenvalue weighted by atomic mass is 9.92. The highest BCUT2D eigenvalue weighted by Crippen LogP contribution is 2.42. The number of carbonyl (C=O) groups is 2. The van der Waals surface area contributed by atoms with Crippen LogP contribution in [0.25, 0.3) is 32.9 Å². The predicted octanol–water partition coefficient (Wildman–Crippen LogP) is 4.43. The number of halogens is 1. The second-order valence-corrected chi connectivity index (χ2v) is 8.55. The number of aryl methyl sites for hydroxylation is 2. The van der Waals surface area contributed by atoms with Gasteiger partial charge in [-0.1, -0.05) is 29.8 Å². The molecule has 162 valence electrons. The van der Waals surface area contributed by atoms with Crippen LogP contribution in [0.2, 0.25) is 5.02 Å². The highest BCUT2D eigenvalue weighted by Gasteiger charge is 2.34. The van der Waals surface area contributed by atoms with Gasteiger partial charge in [0.1, 0.15) is 0 Å². The Labute approximate surface area is 189 Å². The number of nitrogens with zero attached hydrogens (tertiary/aromatic N) is 1. The number of anilines is 1. The maximum Gasteiger partial charge on any atom is 0.259 e. The molecule has 1 aliphatic heterocycles. The number of nitrogen functional groups attached to an aromatic ring is 1. The van der Waals surface area contributed by atoms with Gasteiger partial charge in [-0.15, -0.1) is 0 Å². The van der Waals surface area contributed by atoms with Crippen LogP contribution in [0, 0.1) is 0 Å². The highest BCUT2D eigenvalue weighted by molar-refractivity contribution is 6.36. The Morgan fingerprint density at radius 2 is 1.78 bits per heavy atom. The minimum atomic E-state index is -0.425. The molecule has 4 aromatic rings. The van der Waals surface area contributed by atoms with Crippen molar-refractivity contribution in [2.24, 2.45) is 7.05 Å². The van der Waals surface area contributed by atoms with E-state index in [1.807, 2.05) is 43.4 Å². The van der Waals surface area contributed by atoms with Gasteiger partial charge in [-0.3, -0.25) is 14.9 Å². The monoisotopic (exact) mass is 447 g/mol. The van der Waals surface area contributed by atoms with E-state index in [4.69, 9.17) is 17.3 Å². The number of aliphatic hydroxyl groups excluding tert-OH is 1.